The van der Waals surface area contributed by atoms with Crippen molar-refractivity contribution >= 4 is 40.8 Å². The van der Waals surface area contributed by atoms with Gasteiger partial charge in [-0.05, 0) is 93.4 Å². The molecule has 3 fully saturated rings. The molecule has 13 nitrogen and oxygen atoms in total. The minimum Gasteiger partial charge on any atom is -0.481 e. The molecule has 0 unspecified atom stereocenters. The van der Waals surface area contributed by atoms with Crippen molar-refractivity contribution in [3.05, 3.63) is 81.4 Å². The van der Waals surface area contributed by atoms with Crippen molar-refractivity contribution < 1.29 is 24.6 Å². The zero-order valence-electron chi connectivity index (χ0n) is 33.6. The number of aliphatic hydroxyl groups excluding tert-OH is 1. The van der Waals surface area contributed by atoms with E-state index in [-0.39, 0.29) is 23.3 Å². The quantitative estimate of drug-likeness (QED) is 0.152. The molecule has 5 aliphatic rings. The summed E-state index contributed by atoms with van der Waals surface area (Å²) in [4.78, 5) is 54.1. The van der Waals surface area contributed by atoms with Gasteiger partial charge >= 0.3 is 5.97 Å². The molecule has 306 valence electrons. The van der Waals surface area contributed by atoms with Crippen LogP contribution < -0.4 is 10.6 Å². The van der Waals surface area contributed by atoms with Crippen molar-refractivity contribution in [2.45, 2.75) is 103 Å². The number of fused-ring (bicyclic) bond motifs is 4. The van der Waals surface area contributed by atoms with Gasteiger partial charge in [0.15, 0.2) is 11.6 Å². The minimum absolute atomic E-state index is 0.0545. The lowest BCUT2D eigenvalue weighted by Crippen LogP contribution is -2.42. The number of nitrogens with zero attached hydrogens (tertiary/aromatic N) is 6. The molecule has 4 heterocycles. The third kappa shape index (κ3) is 6.83. The zero-order valence-corrected chi connectivity index (χ0v) is 34.4. The molecule has 2 amide bonds. The van der Waals surface area contributed by atoms with Gasteiger partial charge in [0, 0.05) is 88.3 Å². The molecule has 2 bridgehead atoms. The molecule has 0 atom stereocenters. The number of halogens is 1. The van der Waals surface area contributed by atoms with Crippen molar-refractivity contribution in [3.8, 4) is 11.1 Å². The SMILES string of the molecule is Cc1c(NC(=O)c2nc3c(n2C)CCN(C2CCC(O)CC2)C3)cccc1-c1cccc(NC(=O)c2nc3c(n2C)CCN(CC24CCC(C(=O)O)(CC2)C4)C3)c1Cl. The van der Waals surface area contributed by atoms with E-state index >= 15 is 0 Å². The first-order valence-corrected chi connectivity index (χ1v) is 21.2. The number of aliphatic hydroxyl groups is 1. The topological polar surface area (TPSA) is 158 Å². The second-order valence-electron chi connectivity index (χ2n) is 17.7. The van der Waals surface area contributed by atoms with Crippen LogP contribution in [0.5, 0.6) is 0 Å². The van der Waals surface area contributed by atoms with Crippen molar-refractivity contribution in [2.24, 2.45) is 24.9 Å². The van der Waals surface area contributed by atoms with Gasteiger partial charge in [-0.1, -0.05) is 35.9 Å². The fourth-order valence-corrected chi connectivity index (χ4v) is 11.2. The van der Waals surface area contributed by atoms with E-state index < -0.39 is 11.4 Å². The molecule has 3 aliphatic carbocycles. The molecule has 9 rings (SSSR count). The molecule has 0 radical (unpaired) electrons. The lowest BCUT2D eigenvalue weighted by Gasteiger charge is -2.37. The van der Waals surface area contributed by atoms with E-state index in [0.717, 1.165) is 130 Å². The Morgan fingerprint density at radius 3 is 2.03 bits per heavy atom. The first-order valence-electron chi connectivity index (χ1n) is 20.8. The normalized spacial score (nSPS) is 25.7. The smallest absolute Gasteiger partial charge is 0.309 e. The molecule has 4 N–H and O–H groups in total. The summed E-state index contributed by atoms with van der Waals surface area (Å²) in [6, 6.07) is 11.7. The third-order valence-electron chi connectivity index (χ3n) is 14.3. The van der Waals surface area contributed by atoms with Crippen molar-refractivity contribution in [1.82, 2.24) is 28.9 Å². The van der Waals surface area contributed by atoms with Gasteiger partial charge < -0.3 is 30.0 Å². The number of hydrogen-bond acceptors (Lipinski definition) is 8. The summed E-state index contributed by atoms with van der Waals surface area (Å²) in [5.41, 5.74) is 6.94. The third-order valence-corrected chi connectivity index (χ3v) is 14.7. The zero-order chi connectivity index (χ0) is 40.5. The second kappa shape index (κ2) is 14.9. The highest BCUT2D eigenvalue weighted by molar-refractivity contribution is 6.36. The summed E-state index contributed by atoms with van der Waals surface area (Å²) in [5, 5.41) is 26.4. The fraction of sp³-hybridized carbons (Fsp3) is 0.523. The number of aliphatic carboxylic acids is 1. The number of benzene rings is 2. The van der Waals surface area contributed by atoms with Crippen LogP contribution in [-0.4, -0.2) is 88.7 Å². The number of carboxylic acids is 1. The first kappa shape index (κ1) is 38.9. The van der Waals surface area contributed by atoms with Crippen molar-refractivity contribution in [3.63, 3.8) is 0 Å². The highest BCUT2D eigenvalue weighted by atomic mass is 35.5. The molecule has 0 spiro atoms. The van der Waals surface area contributed by atoms with Crippen LogP contribution in [0.15, 0.2) is 36.4 Å². The molecule has 3 saturated carbocycles. The van der Waals surface area contributed by atoms with Gasteiger partial charge in [-0.2, -0.15) is 0 Å². The standard InChI is InChI=1S/C44H53ClN8O5/c1-26-29(6-4-8-31(26)48-40(55)38-47-34-23-53(21-15-36(34)51(38)3)27-10-12-28(54)13-11-27)30-7-5-9-32(37(30)45)49-41(56)39-46-33-22-52(20-14-35(33)50(39)2)25-43-16-18-44(24-43,19-17-43)42(57)58/h4-9,27-28,54H,10-25H2,1-3H3,(H,48,55)(H,49,56)(H,57,58). The summed E-state index contributed by atoms with van der Waals surface area (Å²) in [5.74, 6) is -0.590. The van der Waals surface area contributed by atoms with Gasteiger partial charge in [0.2, 0.25) is 0 Å². The number of imidazole rings is 2. The molecular weight excluding hydrogens is 756 g/mol. The van der Waals surface area contributed by atoms with Crippen LogP contribution in [-0.2, 0) is 44.8 Å². The van der Waals surface area contributed by atoms with Gasteiger partial charge in [0.1, 0.15) is 0 Å². The Hall–Kier alpha value is -4.56. The number of hydrogen-bond donors (Lipinski definition) is 4. The number of carbonyl (C=O) groups excluding carboxylic acids is 2. The maximum absolute atomic E-state index is 13.8. The molecule has 14 heteroatoms. The van der Waals surface area contributed by atoms with Gasteiger partial charge in [-0.15, -0.1) is 0 Å². The Bertz CT molecular complexity index is 2300. The Kier molecular flexibility index (Phi) is 10.0. The summed E-state index contributed by atoms with van der Waals surface area (Å²) in [6.07, 6.45) is 9.23. The van der Waals surface area contributed by atoms with Gasteiger partial charge in [0.25, 0.3) is 11.8 Å². The highest BCUT2D eigenvalue weighted by Crippen LogP contribution is 2.62. The van der Waals surface area contributed by atoms with E-state index in [2.05, 4.69) is 20.4 Å². The van der Waals surface area contributed by atoms with E-state index in [1.807, 2.05) is 60.5 Å². The maximum Gasteiger partial charge on any atom is 0.309 e. The average Bonchev–Trinajstić information content (AvgIpc) is 3.96. The van der Waals surface area contributed by atoms with E-state index in [1.54, 1.807) is 6.07 Å². The summed E-state index contributed by atoms with van der Waals surface area (Å²) < 4.78 is 3.80. The Morgan fingerprint density at radius 1 is 0.810 bits per heavy atom. The largest absolute Gasteiger partial charge is 0.481 e. The second-order valence-corrected chi connectivity index (χ2v) is 18.1. The van der Waals surface area contributed by atoms with Crippen LogP contribution in [0.25, 0.3) is 11.1 Å². The van der Waals surface area contributed by atoms with Crippen LogP contribution >= 0.6 is 11.6 Å². The van der Waals surface area contributed by atoms with Gasteiger partial charge in [-0.25, -0.2) is 9.97 Å². The monoisotopic (exact) mass is 808 g/mol. The molecule has 0 saturated heterocycles. The number of amides is 2. The molecular formula is C44H53ClN8O5. The van der Waals surface area contributed by atoms with Crippen LogP contribution in [0, 0.1) is 17.8 Å². The highest BCUT2D eigenvalue weighted by Gasteiger charge is 2.58. The first-order chi connectivity index (χ1) is 27.8. The van der Waals surface area contributed by atoms with Gasteiger partial charge in [0.05, 0.1) is 33.6 Å². The van der Waals surface area contributed by atoms with E-state index in [9.17, 15) is 24.6 Å². The summed E-state index contributed by atoms with van der Waals surface area (Å²) >= 11 is 7.05. The minimum atomic E-state index is -0.643. The fourth-order valence-electron chi connectivity index (χ4n) is 11.0. The molecule has 2 aromatic carbocycles. The van der Waals surface area contributed by atoms with E-state index in [4.69, 9.17) is 21.6 Å². The lowest BCUT2D eigenvalue weighted by molar-refractivity contribution is -0.148. The van der Waals surface area contributed by atoms with E-state index in [1.165, 1.54) is 0 Å². The molecule has 2 aromatic heterocycles. The van der Waals surface area contributed by atoms with Crippen molar-refractivity contribution in [1.29, 1.82) is 0 Å². The number of nitrogens with one attached hydrogen (secondary N) is 2. The summed E-state index contributed by atoms with van der Waals surface area (Å²) in [7, 11) is 3.79. The lowest BCUT2D eigenvalue weighted by atomic mass is 9.81. The van der Waals surface area contributed by atoms with Crippen LogP contribution in [0.1, 0.15) is 107 Å². The number of rotatable bonds is 9. The number of anilines is 2. The Balaban J connectivity index is 0.876. The number of aromatic nitrogens is 4. The molecule has 4 aromatic rings. The number of carbonyl (C=O) groups is 3. The van der Waals surface area contributed by atoms with Crippen LogP contribution in [0.3, 0.4) is 0 Å². The summed E-state index contributed by atoms with van der Waals surface area (Å²) in [6.45, 7) is 5.91. The molecule has 2 aliphatic heterocycles. The van der Waals surface area contributed by atoms with E-state index in [0.29, 0.717) is 47.2 Å². The predicted molar refractivity (Wildman–Crippen MR) is 221 cm³/mol. The van der Waals surface area contributed by atoms with Gasteiger partial charge in [-0.3, -0.25) is 24.2 Å². The average molecular weight is 809 g/mol. The molecule has 58 heavy (non-hydrogen) atoms. The predicted octanol–water partition coefficient (Wildman–Crippen LogP) is 6.34. The van der Waals surface area contributed by atoms with Crippen LogP contribution in [0.2, 0.25) is 5.02 Å². The van der Waals surface area contributed by atoms with Crippen molar-refractivity contribution in [2.75, 3.05) is 30.3 Å². The Morgan fingerprint density at radius 2 is 1.40 bits per heavy atom. The Labute approximate surface area is 343 Å². The number of carboxylic acid groups (broad SMARTS) is 1. The maximum atomic E-state index is 13.8. The van der Waals surface area contributed by atoms with Crippen LogP contribution in [0.4, 0.5) is 11.4 Å².